The van der Waals surface area contributed by atoms with E-state index in [1.807, 2.05) is 0 Å². The summed E-state index contributed by atoms with van der Waals surface area (Å²) in [6.07, 6.45) is 2.85. The van der Waals surface area contributed by atoms with Gasteiger partial charge in [0, 0.05) is 0 Å². The highest BCUT2D eigenvalue weighted by Crippen LogP contribution is 2.25. The van der Waals surface area contributed by atoms with E-state index in [0.717, 1.165) is 0 Å². The van der Waals surface area contributed by atoms with Crippen molar-refractivity contribution in [2.45, 2.75) is 6.42 Å². The van der Waals surface area contributed by atoms with Crippen molar-refractivity contribution in [3.05, 3.63) is 39.6 Å². The van der Waals surface area contributed by atoms with Crippen molar-refractivity contribution < 1.29 is 14.3 Å². The Morgan fingerprint density at radius 2 is 1.93 bits per heavy atom. The van der Waals surface area contributed by atoms with Crippen molar-refractivity contribution in [3.63, 3.8) is 0 Å². The molecule has 5 heteroatoms. The van der Waals surface area contributed by atoms with E-state index >= 15 is 0 Å². The van der Waals surface area contributed by atoms with Gasteiger partial charge in [0.15, 0.2) is 5.82 Å². The minimum absolute atomic E-state index is 0.0857. The number of hydrogen-bond acceptors (Lipinski definition) is 1. The predicted molar refractivity (Wildman–Crippen MR) is 57.7 cm³/mol. The summed E-state index contributed by atoms with van der Waals surface area (Å²) in [5, 5.41) is 8.21. The molecule has 0 spiro atoms. The second-order valence-corrected chi connectivity index (χ2v) is 3.61. The van der Waals surface area contributed by atoms with Gasteiger partial charge in [0.2, 0.25) is 0 Å². The summed E-state index contributed by atoms with van der Waals surface area (Å²) in [7, 11) is 0. The normalized spacial score (nSPS) is 10.9. The van der Waals surface area contributed by atoms with E-state index in [-0.39, 0.29) is 16.5 Å². The van der Waals surface area contributed by atoms with Gasteiger partial charge in [0.1, 0.15) is 0 Å². The average molecular weight is 249 g/mol. The first-order valence-corrected chi connectivity index (χ1v) is 4.79. The molecule has 0 heterocycles. The van der Waals surface area contributed by atoms with Crippen LogP contribution in [0.3, 0.4) is 0 Å². The highest BCUT2D eigenvalue weighted by Gasteiger charge is 2.05. The highest BCUT2D eigenvalue weighted by atomic mass is 35.5. The number of benzene rings is 1. The van der Waals surface area contributed by atoms with Gasteiger partial charge in [-0.1, -0.05) is 35.4 Å². The second-order valence-electron chi connectivity index (χ2n) is 2.80. The molecule has 1 aromatic carbocycles. The summed E-state index contributed by atoms with van der Waals surface area (Å²) >= 11 is 11.1. The van der Waals surface area contributed by atoms with E-state index in [4.69, 9.17) is 28.3 Å². The van der Waals surface area contributed by atoms with Crippen LogP contribution in [0.15, 0.2) is 18.2 Å². The predicted octanol–water partition coefficient (Wildman–Crippen LogP) is 3.62. The standard InChI is InChI=1S/C10H7Cl2FO2/c11-7-4-6(2-1-3-9(14)15)5-8(12)10(7)13/h1-2,4-5H,3H2,(H,14,15). The average Bonchev–Trinajstić information content (AvgIpc) is 2.13. The fourth-order valence-electron chi connectivity index (χ4n) is 0.967. The lowest BCUT2D eigenvalue weighted by Crippen LogP contribution is -1.89. The number of carboxylic acids is 1. The molecule has 0 unspecified atom stereocenters. The Morgan fingerprint density at radius 3 is 2.40 bits per heavy atom. The molecule has 0 radical (unpaired) electrons. The molecular weight excluding hydrogens is 242 g/mol. The molecule has 80 valence electrons. The van der Waals surface area contributed by atoms with Gasteiger partial charge < -0.3 is 5.11 Å². The molecular formula is C10H7Cl2FO2. The summed E-state index contributed by atoms with van der Waals surface area (Å²) in [5.41, 5.74) is 0.563. The first-order chi connectivity index (χ1) is 7.00. The number of rotatable bonds is 3. The molecule has 1 rings (SSSR count). The Labute approximate surface area is 95.9 Å². The zero-order valence-corrected chi connectivity index (χ0v) is 9.02. The van der Waals surface area contributed by atoms with Crippen molar-refractivity contribution in [2.24, 2.45) is 0 Å². The van der Waals surface area contributed by atoms with Crippen LogP contribution in [0.25, 0.3) is 6.08 Å². The lowest BCUT2D eigenvalue weighted by Gasteiger charge is -1.99. The Bertz CT molecular complexity index is 393. The molecule has 15 heavy (non-hydrogen) atoms. The van der Waals surface area contributed by atoms with Gasteiger partial charge in [-0.25, -0.2) is 4.39 Å². The maximum Gasteiger partial charge on any atom is 0.307 e. The lowest BCUT2D eigenvalue weighted by atomic mass is 10.2. The van der Waals surface area contributed by atoms with E-state index in [2.05, 4.69) is 0 Å². The minimum atomic E-state index is -0.939. The van der Waals surface area contributed by atoms with Crippen LogP contribution in [-0.4, -0.2) is 11.1 Å². The molecule has 0 atom stereocenters. The van der Waals surface area contributed by atoms with Crippen molar-refractivity contribution in [1.82, 2.24) is 0 Å². The van der Waals surface area contributed by atoms with Crippen LogP contribution in [0.4, 0.5) is 4.39 Å². The van der Waals surface area contributed by atoms with Crippen molar-refractivity contribution in [2.75, 3.05) is 0 Å². The van der Waals surface area contributed by atoms with Gasteiger partial charge in [-0.3, -0.25) is 4.79 Å². The molecule has 1 aromatic rings. The molecule has 0 bridgehead atoms. The fraction of sp³-hybridized carbons (Fsp3) is 0.100. The molecule has 0 amide bonds. The Morgan fingerprint density at radius 1 is 1.40 bits per heavy atom. The molecule has 0 saturated carbocycles. The minimum Gasteiger partial charge on any atom is -0.481 e. The highest BCUT2D eigenvalue weighted by molar-refractivity contribution is 6.35. The third-order valence-electron chi connectivity index (χ3n) is 1.61. The van der Waals surface area contributed by atoms with E-state index < -0.39 is 11.8 Å². The maximum atomic E-state index is 13.0. The third kappa shape index (κ3) is 3.53. The molecule has 0 fully saturated rings. The van der Waals surface area contributed by atoms with Crippen molar-refractivity contribution in [3.8, 4) is 0 Å². The lowest BCUT2D eigenvalue weighted by molar-refractivity contribution is -0.135. The second kappa shape index (κ2) is 5.14. The van der Waals surface area contributed by atoms with E-state index in [1.165, 1.54) is 24.3 Å². The van der Waals surface area contributed by atoms with E-state index in [9.17, 15) is 9.18 Å². The molecule has 0 aliphatic carbocycles. The molecule has 0 saturated heterocycles. The zero-order valence-electron chi connectivity index (χ0n) is 7.51. The molecule has 2 nitrogen and oxygen atoms in total. The SMILES string of the molecule is O=C(O)CC=Cc1cc(Cl)c(F)c(Cl)c1. The molecule has 0 aromatic heterocycles. The Balaban J connectivity index is 2.87. The number of aliphatic carboxylic acids is 1. The van der Waals surface area contributed by atoms with Gasteiger partial charge in [-0.05, 0) is 17.7 Å². The number of carbonyl (C=O) groups is 1. The van der Waals surface area contributed by atoms with Crippen LogP contribution in [-0.2, 0) is 4.79 Å². The van der Waals surface area contributed by atoms with Gasteiger partial charge in [-0.2, -0.15) is 0 Å². The Kier molecular flexibility index (Phi) is 4.12. The van der Waals surface area contributed by atoms with Crippen LogP contribution >= 0.6 is 23.2 Å². The van der Waals surface area contributed by atoms with Gasteiger partial charge in [0.05, 0.1) is 16.5 Å². The number of carboxylic acid groups (broad SMARTS) is 1. The summed E-state index contributed by atoms with van der Waals surface area (Å²) in [6.45, 7) is 0. The Hall–Kier alpha value is -1.06. The first kappa shape index (κ1) is 12.0. The van der Waals surface area contributed by atoms with E-state index in [0.29, 0.717) is 5.56 Å². The number of hydrogen-bond donors (Lipinski definition) is 1. The first-order valence-electron chi connectivity index (χ1n) is 4.03. The fourth-order valence-corrected chi connectivity index (χ4v) is 1.47. The largest absolute Gasteiger partial charge is 0.481 e. The summed E-state index contributed by atoms with van der Waals surface area (Å²) < 4.78 is 13.0. The van der Waals surface area contributed by atoms with Gasteiger partial charge in [0.25, 0.3) is 0 Å². The summed E-state index contributed by atoms with van der Waals surface area (Å²) in [6, 6.07) is 2.75. The van der Waals surface area contributed by atoms with Gasteiger partial charge in [-0.15, -0.1) is 0 Å². The van der Waals surface area contributed by atoms with Crippen LogP contribution < -0.4 is 0 Å². The topological polar surface area (TPSA) is 37.3 Å². The zero-order chi connectivity index (χ0) is 11.4. The molecule has 0 aliphatic rings. The third-order valence-corrected chi connectivity index (χ3v) is 2.16. The molecule has 0 aliphatic heterocycles. The summed E-state index contributed by atoms with van der Waals surface area (Å²) in [4.78, 5) is 10.2. The van der Waals surface area contributed by atoms with Crippen molar-refractivity contribution >= 4 is 35.2 Å². The summed E-state index contributed by atoms with van der Waals surface area (Å²) in [5.74, 6) is -1.61. The van der Waals surface area contributed by atoms with E-state index in [1.54, 1.807) is 0 Å². The van der Waals surface area contributed by atoms with Crippen LogP contribution in [0.1, 0.15) is 12.0 Å². The monoisotopic (exact) mass is 248 g/mol. The number of halogens is 3. The van der Waals surface area contributed by atoms with Gasteiger partial charge >= 0.3 is 5.97 Å². The van der Waals surface area contributed by atoms with Crippen molar-refractivity contribution in [1.29, 1.82) is 0 Å². The molecule has 1 N–H and O–H groups in total. The van der Waals surface area contributed by atoms with Crippen LogP contribution in [0.5, 0.6) is 0 Å². The quantitative estimate of drug-likeness (QED) is 0.830. The smallest absolute Gasteiger partial charge is 0.307 e. The van der Waals surface area contributed by atoms with Crippen LogP contribution in [0, 0.1) is 5.82 Å². The van der Waals surface area contributed by atoms with Crippen LogP contribution in [0.2, 0.25) is 10.0 Å². The maximum absolute atomic E-state index is 13.0.